The normalized spacial score (nSPS) is 23.5. The summed E-state index contributed by atoms with van der Waals surface area (Å²) in [6.07, 6.45) is 17.0. The Labute approximate surface area is 171 Å². The Morgan fingerprint density at radius 1 is 1.25 bits per heavy atom. The van der Waals surface area contributed by atoms with E-state index in [2.05, 4.69) is 19.9 Å². The van der Waals surface area contributed by atoms with Crippen molar-refractivity contribution < 1.29 is 19.8 Å². The van der Waals surface area contributed by atoms with Gasteiger partial charge in [-0.25, -0.2) is 0 Å². The molecule has 4 nitrogen and oxygen atoms in total. The zero-order valence-electron chi connectivity index (χ0n) is 18.0. The zero-order chi connectivity index (χ0) is 21.0. The van der Waals surface area contributed by atoms with Crippen LogP contribution in [0.4, 0.5) is 0 Å². The molecular formula is C24H40O4. The molecule has 1 fully saturated rings. The molecule has 1 rings (SSSR count). The number of Topliss-reactive ketones (excluding diaryl/α,β-unsaturated/α-hetero) is 1. The number of carbonyl (C=O) groups excluding carboxylic acids is 1. The van der Waals surface area contributed by atoms with Crippen LogP contribution in [0.5, 0.6) is 0 Å². The first-order valence-corrected chi connectivity index (χ1v) is 11.1. The van der Waals surface area contributed by atoms with E-state index in [1.165, 1.54) is 12.8 Å². The van der Waals surface area contributed by atoms with Gasteiger partial charge >= 0.3 is 5.97 Å². The van der Waals surface area contributed by atoms with E-state index in [4.69, 9.17) is 5.11 Å². The van der Waals surface area contributed by atoms with E-state index < -0.39 is 11.6 Å². The Morgan fingerprint density at radius 3 is 2.64 bits per heavy atom. The molecule has 0 aromatic heterocycles. The molecule has 1 saturated carbocycles. The Bertz CT molecular complexity index is 537. The van der Waals surface area contributed by atoms with Crippen LogP contribution >= 0.6 is 0 Å². The molecule has 4 heteroatoms. The highest BCUT2D eigenvalue weighted by Crippen LogP contribution is 2.35. The summed E-state index contributed by atoms with van der Waals surface area (Å²) in [6.45, 7) is 6.34. The van der Waals surface area contributed by atoms with Gasteiger partial charge < -0.3 is 10.2 Å². The number of rotatable bonds is 14. The number of ketones is 1. The Kier molecular flexibility index (Phi) is 11.4. The minimum absolute atomic E-state index is 0.0107. The van der Waals surface area contributed by atoms with Crippen LogP contribution in [0.25, 0.3) is 0 Å². The molecule has 0 aromatic carbocycles. The third-order valence-electron chi connectivity index (χ3n) is 6.27. The quantitative estimate of drug-likeness (QED) is 0.294. The van der Waals surface area contributed by atoms with Gasteiger partial charge in [-0.1, -0.05) is 64.3 Å². The van der Waals surface area contributed by atoms with Gasteiger partial charge in [0.15, 0.2) is 0 Å². The average Bonchev–Trinajstić information content (AvgIpc) is 3.02. The average molecular weight is 393 g/mol. The summed E-state index contributed by atoms with van der Waals surface area (Å²) in [7, 11) is 0. The second kappa shape index (κ2) is 12.9. The first-order chi connectivity index (χ1) is 13.3. The fourth-order valence-corrected chi connectivity index (χ4v) is 4.07. The van der Waals surface area contributed by atoms with E-state index >= 15 is 0 Å². The highest BCUT2D eigenvalue weighted by Gasteiger charge is 2.34. The molecule has 1 aliphatic carbocycles. The van der Waals surface area contributed by atoms with Crippen LogP contribution in [0.15, 0.2) is 24.3 Å². The Morgan fingerprint density at radius 2 is 2.00 bits per heavy atom. The highest BCUT2D eigenvalue weighted by molar-refractivity contribution is 5.83. The zero-order valence-corrected chi connectivity index (χ0v) is 18.0. The molecule has 0 saturated heterocycles. The standard InChI is InChI=1S/C24H40O4/c1-4-6-9-12-19(3)24(28,5-2)18-17-20-15-16-22(25)21(20)13-10-7-8-11-14-23(26)27/h7,10,17-21,28H,4-6,8-9,11-16H2,1-3H3,(H,26,27)/b10-7-,18-17?/t19?,20-,21-,24?/m0/s1. The van der Waals surface area contributed by atoms with Crippen LogP contribution < -0.4 is 0 Å². The first kappa shape index (κ1) is 24.6. The number of carboxylic acids is 1. The van der Waals surface area contributed by atoms with Crippen molar-refractivity contribution in [3.05, 3.63) is 24.3 Å². The Balaban J connectivity index is 2.61. The SMILES string of the molecule is CCCCCC(C)C(O)(C=C[C@@H]1CCC(=O)[C@H]1C/C=C\CCCC(=O)O)CC. The van der Waals surface area contributed by atoms with Crippen molar-refractivity contribution in [3.63, 3.8) is 0 Å². The summed E-state index contributed by atoms with van der Waals surface area (Å²) in [5, 5.41) is 19.7. The number of aliphatic carboxylic acids is 1. The van der Waals surface area contributed by atoms with E-state index in [9.17, 15) is 14.7 Å². The van der Waals surface area contributed by atoms with Gasteiger partial charge in [0.25, 0.3) is 0 Å². The van der Waals surface area contributed by atoms with E-state index in [0.717, 1.165) is 25.7 Å². The lowest BCUT2D eigenvalue weighted by molar-refractivity contribution is -0.137. The van der Waals surface area contributed by atoms with Crippen LogP contribution in [-0.2, 0) is 9.59 Å². The van der Waals surface area contributed by atoms with Gasteiger partial charge in [0.05, 0.1) is 5.60 Å². The molecule has 0 aliphatic heterocycles. The number of carbonyl (C=O) groups is 2. The molecule has 0 amide bonds. The van der Waals surface area contributed by atoms with Crippen LogP contribution in [0.2, 0.25) is 0 Å². The van der Waals surface area contributed by atoms with E-state index in [1.54, 1.807) is 0 Å². The number of unbranched alkanes of at least 4 members (excludes halogenated alkanes) is 3. The van der Waals surface area contributed by atoms with Gasteiger partial charge in [-0.05, 0) is 50.4 Å². The van der Waals surface area contributed by atoms with Crippen molar-refractivity contribution >= 4 is 11.8 Å². The summed E-state index contributed by atoms with van der Waals surface area (Å²) in [5.41, 5.74) is -0.795. The second-order valence-corrected chi connectivity index (χ2v) is 8.37. The lowest BCUT2D eigenvalue weighted by Gasteiger charge is -2.31. The molecule has 0 bridgehead atoms. The van der Waals surface area contributed by atoms with Gasteiger partial charge in [0.1, 0.15) is 5.78 Å². The lowest BCUT2D eigenvalue weighted by atomic mass is 9.81. The van der Waals surface area contributed by atoms with Gasteiger partial charge in [-0.2, -0.15) is 0 Å². The number of hydrogen-bond donors (Lipinski definition) is 2. The third-order valence-corrected chi connectivity index (χ3v) is 6.27. The van der Waals surface area contributed by atoms with Crippen LogP contribution in [0.3, 0.4) is 0 Å². The van der Waals surface area contributed by atoms with Crippen molar-refractivity contribution in [2.75, 3.05) is 0 Å². The molecule has 0 heterocycles. The van der Waals surface area contributed by atoms with E-state index in [0.29, 0.717) is 31.5 Å². The molecule has 1 aliphatic rings. The monoisotopic (exact) mass is 392 g/mol. The maximum atomic E-state index is 12.3. The minimum Gasteiger partial charge on any atom is -0.481 e. The van der Waals surface area contributed by atoms with Crippen LogP contribution in [-0.4, -0.2) is 27.6 Å². The molecule has 2 N–H and O–H groups in total. The molecule has 0 spiro atoms. The van der Waals surface area contributed by atoms with Crippen LogP contribution in [0.1, 0.15) is 91.4 Å². The Hall–Kier alpha value is -1.42. The van der Waals surface area contributed by atoms with Gasteiger partial charge in [0, 0.05) is 18.8 Å². The van der Waals surface area contributed by atoms with Crippen LogP contribution in [0, 0.1) is 17.8 Å². The lowest BCUT2D eigenvalue weighted by Crippen LogP contribution is -2.33. The van der Waals surface area contributed by atoms with Gasteiger partial charge in [-0.15, -0.1) is 0 Å². The first-order valence-electron chi connectivity index (χ1n) is 11.1. The summed E-state index contributed by atoms with van der Waals surface area (Å²) >= 11 is 0. The van der Waals surface area contributed by atoms with E-state index in [-0.39, 0.29) is 24.2 Å². The molecule has 160 valence electrons. The summed E-state index contributed by atoms with van der Waals surface area (Å²) in [4.78, 5) is 22.8. The van der Waals surface area contributed by atoms with Crippen molar-refractivity contribution in [3.8, 4) is 0 Å². The summed E-state index contributed by atoms with van der Waals surface area (Å²) in [5.74, 6) is -0.0664. The summed E-state index contributed by atoms with van der Waals surface area (Å²) < 4.78 is 0. The molecule has 0 aromatic rings. The topological polar surface area (TPSA) is 74.6 Å². The highest BCUT2D eigenvalue weighted by atomic mass is 16.4. The fourth-order valence-electron chi connectivity index (χ4n) is 4.07. The number of aliphatic hydroxyl groups is 1. The predicted octanol–water partition coefficient (Wildman–Crippen LogP) is 5.70. The molecule has 2 unspecified atom stereocenters. The predicted molar refractivity (Wildman–Crippen MR) is 114 cm³/mol. The van der Waals surface area contributed by atoms with Crippen molar-refractivity contribution in [1.29, 1.82) is 0 Å². The smallest absolute Gasteiger partial charge is 0.303 e. The number of hydrogen-bond acceptors (Lipinski definition) is 3. The van der Waals surface area contributed by atoms with Gasteiger partial charge in [-0.3, -0.25) is 9.59 Å². The summed E-state index contributed by atoms with van der Waals surface area (Å²) in [6, 6.07) is 0. The maximum Gasteiger partial charge on any atom is 0.303 e. The molecule has 4 atom stereocenters. The third kappa shape index (κ3) is 8.30. The minimum atomic E-state index is -0.795. The largest absolute Gasteiger partial charge is 0.481 e. The van der Waals surface area contributed by atoms with Crippen molar-refractivity contribution in [2.45, 2.75) is 97.0 Å². The molecule has 0 radical (unpaired) electrons. The number of carboxylic acid groups (broad SMARTS) is 1. The number of allylic oxidation sites excluding steroid dienone is 3. The fraction of sp³-hybridized carbons (Fsp3) is 0.750. The second-order valence-electron chi connectivity index (χ2n) is 8.37. The maximum absolute atomic E-state index is 12.3. The molecular weight excluding hydrogens is 352 g/mol. The van der Waals surface area contributed by atoms with Gasteiger partial charge in [0.2, 0.25) is 0 Å². The van der Waals surface area contributed by atoms with Crippen molar-refractivity contribution in [2.24, 2.45) is 17.8 Å². The van der Waals surface area contributed by atoms with E-state index in [1.807, 2.05) is 25.2 Å². The van der Waals surface area contributed by atoms with Crippen molar-refractivity contribution in [1.82, 2.24) is 0 Å². The molecule has 28 heavy (non-hydrogen) atoms.